The van der Waals surface area contributed by atoms with Crippen molar-refractivity contribution in [3.05, 3.63) is 0 Å². The first-order chi connectivity index (χ1) is 9.50. The van der Waals surface area contributed by atoms with E-state index in [4.69, 9.17) is 0 Å². The first-order valence-corrected chi connectivity index (χ1v) is 8.15. The van der Waals surface area contributed by atoms with Crippen LogP contribution in [0.3, 0.4) is 0 Å². The van der Waals surface area contributed by atoms with Gasteiger partial charge in [0.15, 0.2) is 0 Å². The first-order valence-electron chi connectivity index (χ1n) is 8.15. The normalized spacial score (nSPS) is 23.6. The third-order valence-electron chi connectivity index (χ3n) is 5.13. The fourth-order valence-corrected chi connectivity index (χ4v) is 3.21. The van der Waals surface area contributed by atoms with E-state index in [0.717, 1.165) is 25.7 Å². The van der Waals surface area contributed by atoms with Crippen molar-refractivity contribution in [1.29, 1.82) is 0 Å². The maximum atomic E-state index is 12.6. The minimum atomic E-state index is -0.268. The Morgan fingerprint density at radius 1 is 1.15 bits per heavy atom. The number of hydrogen-bond acceptors (Lipinski definition) is 3. The number of carbonyl (C=O) groups is 1. The fourth-order valence-electron chi connectivity index (χ4n) is 3.21. The maximum Gasteiger partial charge on any atom is 0.239 e. The molecule has 4 nitrogen and oxygen atoms in total. The molecule has 0 radical (unpaired) electrons. The average molecular weight is 282 g/mol. The molecule has 1 amide bonds. The Kier molecular flexibility index (Phi) is 5.44. The zero-order valence-corrected chi connectivity index (χ0v) is 13.2. The summed E-state index contributed by atoms with van der Waals surface area (Å²) >= 11 is 0. The van der Waals surface area contributed by atoms with Gasteiger partial charge in [0.1, 0.15) is 0 Å². The quantitative estimate of drug-likeness (QED) is 0.809. The molecule has 4 heteroatoms. The molecule has 0 aromatic rings. The molecule has 2 atom stereocenters. The van der Waals surface area contributed by atoms with Crippen LogP contribution in [0.15, 0.2) is 0 Å². The highest BCUT2D eigenvalue weighted by Gasteiger charge is 2.33. The second kappa shape index (κ2) is 6.90. The van der Waals surface area contributed by atoms with Crippen LogP contribution in [-0.4, -0.2) is 59.6 Å². The van der Waals surface area contributed by atoms with Crippen molar-refractivity contribution in [2.75, 3.05) is 20.6 Å². The smallest absolute Gasteiger partial charge is 0.239 e. The average Bonchev–Trinajstić information content (AvgIpc) is 3.30. The van der Waals surface area contributed by atoms with Crippen LogP contribution in [-0.2, 0) is 4.79 Å². The molecule has 0 aromatic carbocycles. The van der Waals surface area contributed by atoms with Gasteiger partial charge in [-0.3, -0.25) is 9.69 Å². The topological polar surface area (TPSA) is 43.8 Å². The highest BCUT2D eigenvalue weighted by Crippen LogP contribution is 2.33. The molecule has 2 aliphatic carbocycles. The van der Waals surface area contributed by atoms with Crippen LogP contribution in [0.4, 0.5) is 0 Å². The molecule has 0 spiro atoms. The van der Waals surface area contributed by atoms with Gasteiger partial charge in [-0.25, -0.2) is 0 Å². The highest BCUT2D eigenvalue weighted by molar-refractivity contribution is 5.81. The van der Waals surface area contributed by atoms with Crippen molar-refractivity contribution in [2.45, 2.75) is 70.1 Å². The number of hydrogen-bond donors (Lipinski definition) is 1. The molecule has 0 aliphatic heterocycles. The van der Waals surface area contributed by atoms with Crippen LogP contribution < -0.4 is 0 Å². The fraction of sp³-hybridized carbons (Fsp3) is 0.938. The minimum absolute atomic E-state index is 0.143. The summed E-state index contributed by atoms with van der Waals surface area (Å²) in [6, 6.07) is 0.274. The van der Waals surface area contributed by atoms with Crippen LogP contribution in [0.25, 0.3) is 0 Å². The molecule has 0 heterocycles. The van der Waals surface area contributed by atoms with Crippen LogP contribution in [0, 0.1) is 5.92 Å². The molecule has 2 saturated carbocycles. The molecule has 1 N–H and O–H groups in total. The maximum absolute atomic E-state index is 12.6. The van der Waals surface area contributed by atoms with Crippen LogP contribution in [0.2, 0.25) is 0 Å². The van der Waals surface area contributed by atoms with Crippen molar-refractivity contribution in [1.82, 2.24) is 9.80 Å². The molecule has 116 valence electrons. The van der Waals surface area contributed by atoms with E-state index in [9.17, 15) is 9.90 Å². The van der Waals surface area contributed by atoms with Gasteiger partial charge in [-0.05, 0) is 45.6 Å². The van der Waals surface area contributed by atoms with E-state index in [1.54, 1.807) is 0 Å². The van der Waals surface area contributed by atoms with Crippen molar-refractivity contribution in [2.24, 2.45) is 5.92 Å². The number of aliphatic hydroxyl groups excluding tert-OH is 1. The molecule has 2 rings (SSSR count). The van der Waals surface area contributed by atoms with Gasteiger partial charge in [-0.2, -0.15) is 0 Å². The number of carbonyl (C=O) groups excluding carboxylic acids is 1. The molecule has 2 fully saturated rings. The van der Waals surface area contributed by atoms with Crippen LogP contribution >= 0.6 is 0 Å². The summed E-state index contributed by atoms with van der Waals surface area (Å²) in [6.07, 6.45) is 8.09. The molecule has 0 bridgehead atoms. The monoisotopic (exact) mass is 282 g/mol. The molecule has 2 unspecified atom stereocenters. The Balaban J connectivity index is 1.82. The van der Waals surface area contributed by atoms with Gasteiger partial charge in [0.25, 0.3) is 0 Å². The van der Waals surface area contributed by atoms with Crippen LogP contribution in [0.5, 0.6) is 0 Å². The Morgan fingerprint density at radius 2 is 1.75 bits per heavy atom. The summed E-state index contributed by atoms with van der Waals surface area (Å²) in [5.41, 5.74) is 0. The van der Waals surface area contributed by atoms with E-state index in [1.807, 2.05) is 30.8 Å². The van der Waals surface area contributed by atoms with E-state index < -0.39 is 0 Å². The zero-order chi connectivity index (χ0) is 14.7. The van der Waals surface area contributed by atoms with Gasteiger partial charge < -0.3 is 10.0 Å². The molecular weight excluding hydrogens is 252 g/mol. The lowest BCUT2D eigenvalue weighted by molar-refractivity contribution is -0.137. The van der Waals surface area contributed by atoms with E-state index in [-0.39, 0.29) is 18.1 Å². The van der Waals surface area contributed by atoms with Crippen molar-refractivity contribution >= 4 is 5.91 Å². The third-order valence-corrected chi connectivity index (χ3v) is 5.13. The summed E-state index contributed by atoms with van der Waals surface area (Å²) in [4.78, 5) is 16.5. The van der Waals surface area contributed by atoms with Crippen molar-refractivity contribution in [3.8, 4) is 0 Å². The summed E-state index contributed by atoms with van der Waals surface area (Å²) < 4.78 is 0. The standard InChI is InChI=1S/C16H30N2O2/c1-12(17(2)11-15(19)13-9-10-13)16(20)18(3)14-7-5-4-6-8-14/h12-15,19H,4-11H2,1-3H3. The van der Waals surface area contributed by atoms with E-state index in [0.29, 0.717) is 18.5 Å². The molecule has 0 saturated heterocycles. The molecule has 2 aliphatic rings. The van der Waals surface area contributed by atoms with E-state index in [1.165, 1.54) is 19.3 Å². The first kappa shape index (κ1) is 15.8. The van der Waals surface area contributed by atoms with Gasteiger partial charge in [0, 0.05) is 19.6 Å². The number of likely N-dealkylation sites (N-methyl/N-ethyl adjacent to an activating group) is 2. The number of amides is 1. The SMILES string of the molecule is CC(C(=O)N(C)C1CCCCC1)N(C)CC(O)C1CC1. The lowest BCUT2D eigenvalue weighted by atomic mass is 9.94. The lowest BCUT2D eigenvalue weighted by Crippen LogP contribution is -2.50. The minimum Gasteiger partial charge on any atom is -0.392 e. The lowest BCUT2D eigenvalue weighted by Gasteiger charge is -2.35. The third kappa shape index (κ3) is 3.95. The van der Waals surface area contributed by atoms with Gasteiger partial charge >= 0.3 is 0 Å². The predicted octanol–water partition coefficient (Wildman–Crippen LogP) is 1.87. The van der Waals surface area contributed by atoms with Crippen molar-refractivity contribution < 1.29 is 9.90 Å². The number of rotatable bonds is 6. The van der Waals surface area contributed by atoms with Gasteiger partial charge in [-0.1, -0.05) is 19.3 Å². The van der Waals surface area contributed by atoms with E-state index in [2.05, 4.69) is 0 Å². The largest absolute Gasteiger partial charge is 0.392 e. The van der Waals surface area contributed by atoms with E-state index >= 15 is 0 Å². The Labute approximate surface area is 123 Å². The molecule has 20 heavy (non-hydrogen) atoms. The summed E-state index contributed by atoms with van der Waals surface area (Å²) in [6.45, 7) is 2.57. The highest BCUT2D eigenvalue weighted by atomic mass is 16.3. The predicted molar refractivity (Wildman–Crippen MR) is 80.5 cm³/mol. The summed E-state index contributed by atoms with van der Waals surface area (Å²) in [5, 5.41) is 10.0. The number of aliphatic hydroxyl groups is 1. The van der Waals surface area contributed by atoms with Gasteiger partial charge in [-0.15, -0.1) is 0 Å². The second-order valence-electron chi connectivity index (χ2n) is 6.76. The Bertz CT molecular complexity index is 324. The van der Waals surface area contributed by atoms with Gasteiger partial charge in [0.05, 0.1) is 12.1 Å². The van der Waals surface area contributed by atoms with Gasteiger partial charge in [0.2, 0.25) is 5.91 Å². The Morgan fingerprint density at radius 3 is 2.30 bits per heavy atom. The van der Waals surface area contributed by atoms with Crippen molar-refractivity contribution in [3.63, 3.8) is 0 Å². The van der Waals surface area contributed by atoms with Crippen LogP contribution in [0.1, 0.15) is 51.9 Å². The molecular formula is C16H30N2O2. The second-order valence-corrected chi connectivity index (χ2v) is 6.76. The molecule has 0 aromatic heterocycles. The Hall–Kier alpha value is -0.610. The number of nitrogens with zero attached hydrogens (tertiary/aromatic N) is 2. The summed E-state index contributed by atoms with van der Waals surface area (Å²) in [5.74, 6) is 0.665. The zero-order valence-electron chi connectivity index (χ0n) is 13.2. The summed E-state index contributed by atoms with van der Waals surface area (Å²) in [7, 11) is 3.89.